The first-order valence-corrected chi connectivity index (χ1v) is 12.9. The average Bonchev–Trinajstić information content (AvgIpc) is 3.21. The van der Waals surface area contributed by atoms with E-state index in [1.807, 2.05) is 38.1 Å². The van der Waals surface area contributed by atoms with E-state index >= 15 is 0 Å². The van der Waals surface area contributed by atoms with Gasteiger partial charge >= 0.3 is 0 Å². The summed E-state index contributed by atoms with van der Waals surface area (Å²) in [6.07, 6.45) is 1.75. The van der Waals surface area contributed by atoms with Gasteiger partial charge in [-0.3, -0.25) is 9.59 Å². The third-order valence-electron chi connectivity index (χ3n) is 5.04. The summed E-state index contributed by atoms with van der Waals surface area (Å²) in [5.41, 5.74) is 3.15. The fourth-order valence-corrected chi connectivity index (χ4v) is 4.42. The van der Waals surface area contributed by atoms with Gasteiger partial charge in [-0.2, -0.15) is 0 Å². The molecule has 7 nitrogen and oxygen atoms in total. The molecule has 1 heterocycles. The van der Waals surface area contributed by atoms with Crippen molar-refractivity contribution in [1.29, 1.82) is 0 Å². The van der Waals surface area contributed by atoms with Gasteiger partial charge in [0.15, 0.2) is 23.3 Å². The molecule has 10 heteroatoms. The Morgan fingerprint density at radius 2 is 1.81 bits per heavy atom. The Balaban J connectivity index is 1.43. The van der Waals surface area contributed by atoms with Crippen LogP contribution in [0.4, 0.5) is 11.4 Å². The first-order chi connectivity index (χ1) is 17.8. The number of amidine groups is 1. The number of benzene rings is 3. The van der Waals surface area contributed by atoms with Gasteiger partial charge in [0, 0.05) is 5.69 Å². The monoisotopic (exact) mass is 555 g/mol. The van der Waals surface area contributed by atoms with Crippen molar-refractivity contribution >= 4 is 69.4 Å². The number of halogens is 2. The molecule has 3 aromatic rings. The minimum absolute atomic E-state index is 0.229. The SMILES string of the molecule is CCOc1cc(/C=C2/SC(=Nc3ccc(C)cc3)NC2=O)ccc1OCC(=O)Nc1ccc(Cl)c(Cl)c1. The minimum Gasteiger partial charge on any atom is -0.490 e. The number of carbonyl (C=O) groups excluding carboxylic acids is 2. The van der Waals surface area contributed by atoms with Crippen molar-refractivity contribution in [3.63, 3.8) is 0 Å². The van der Waals surface area contributed by atoms with Crippen LogP contribution in [0.1, 0.15) is 18.1 Å². The number of thioether (sulfide) groups is 1. The molecule has 2 N–H and O–H groups in total. The molecule has 0 atom stereocenters. The standard InChI is InChI=1S/C27H23Cl2N3O4S/c1-3-35-23-12-17(13-24-26(34)32-27(37-24)31-18-7-4-16(2)5-8-18)6-11-22(23)36-15-25(33)30-19-9-10-20(28)21(29)14-19/h4-14H,3,15H2,1-2H3,(H,30,33)(H,31,32,34)/b24-13+. The fraction of sp³-hybridized carbons (Fsp3) is 0.148. The van der Waals surface area contributed by atoms with Crippen molar-refractivity contribution < 1.29 is 19.1 Å². The van der Waals surface area contributed by atoms with Crippen LogP contribution in [0.2, 0.25) is 10.0 Å². The second-order valence-corrected chi connectivity index (χ2v) is 9.77. The molecular formula is C27H23Cl2N3O4S. The molecule has 0 bridgehead atoms. The van der Waals surface area contributed by atoms with Crippen LogP contribution in [-0.2, 0) is 9.59 Å². The summed E-state index contributed by atoms with van der Waals surface area (Å²) >= 11 is 13.2. The number of carbonyl (C=O) groups is 2. The first kappa shape index (κ1) is 26.6. The van der Waals surface area contributed by atoms with Gasteiger partial charge in [0.1, 0.15) is 0 Å². The normalized spacial score (nSPS) is 15.1. The van der Waals surface area contributed by atoms with Crippen LogP contribution in [0, 0.1) is 6.92 Å². The topological polar surface area (TPSA) is 89.0 Å². The molecule has 0 aliphatic carbocycles. The van der Waals surface area contributed by atoms with E-state index in [0.717, 1.165) is 16.8 Å². The zero-order valence-corrected chi connectivity index (χ0v) is 22.3. The lowest BCUT2D eigenvalue weighted by molar-refractivity contribution is -0.118. The van der Waals surface area contributed by atoms with Gasteiger partial charge in [-0.1, -0.05) is 47.0 Å². The summed E-state index contributed by atoms with van der Waals surface area (Å²) in [7, 11) is 0. The zero-order chi connectivity index (χ0) is 26.4. The summed E-state index contributed by atoms with van der Waals surface area (Å²) in [5.74, 6) is 0.258. The highest BCUT2D eigenvalue weighted by atomic mass is 35.5. The third kappa shape index (κ3) is 7.29. The number of ether oxygens (including phenoxy) is 2. The lowest BCUT2D eigenvalue weighted by Crippen LogP contribution is -2.20. The van der Waals surface area contributed by atoms with Gasteiger partial charge in [-0.15, -0.1) is 0 Å². The van der Waals surface area contributed by atoms with E-state index in [2.05, 4.69) is 15.6 Å². The average molecular weight is 556 g/mol. The van der Waals surface area contributed by atoms with E-state index in [4.69, 9.17) is 32.7 Å². The van der Waals surface area contributed by atoms with E-state index in [1.54, 1.807) is 42.5 Å². The summed E-state index contributed by atoms with van der Waals surface area (Å²) < 4.78 is 11.4. The van der Waals surface area contributed by atoms with Gasteiger partial charge < -0.3 is 20.1 Å². The maximum atomic E-state index is 12.5. The number of nitrogens with zero attached hydrogens (tertiary/aromatic N) is 1. The van der Waals surface area contributed by atoms with E-state index in [-0.39, 0.29) is 18.4 Å². The number of hydrogen-bond acceptors (Lipinski definition) is 6. The van der Waals surface area contributed by atoms with Crippen LogP contribution in [0.5, 0.6) is 11.5 Å². The summed E-state index contributed by atoms with van der Waals surface area (Å²) in [5, 5.41) is 6.74. The van der Waals surface area contributed by atoms with Gasteiger partial charge in [0.2, 0.25) is 0 Å². The van der Waals surface area contributed by atoms with Crippen LogP contribution >= 0.6 is 35.0 Å². The first-order valence-electron chi connectivity index (χ1n) is 11.3. The predicted octanol–water partition coefficient (Wildman–Crippen LogP) is 6.61. The highest BCUT2D eigenvalue weighted by molar-refractivity contribution is 8.18. The van der Waals surface area contributed by atoms with Crippen LogP contribution in [-0.4, -0.2) is 30.2 Å². The fourth-order valence-electron chi connectivity index (χ4n) is 3.28. The van der Waals surface area contributed by atoms with Gasteiger partial charge in [-0.25, -0.2) is 4.99 Å². The van der Waals surface area contributed by atoms with E-state index in [9.17, 15) is 9.59 Å². The number of aliphatic imine (C=N–C) groups is 1. The number of rotatable bonds is 8. The molecule has 190 valence electrons. The lowest BCUT2D eigenvalue weighted by Gasteiger charge is -2.13. The molecule has 1 aliphatic heterocycles. The molecule has 2 amide bonds. The minimum atomic E-state index is -0.369. The highest BCUT2D eigenvalue weighted by Gasteiger charge is 2.24. The Labute approximate surface area is 228 Å². The molecule has 37 heavy (non-hydrogen) atoms. The third-order valence-corrected chi connectivity index (χ3v) is 6.69. The van der Waals surface area contributed by atoms with Gasteiger partial charge in [0.05, 0.1) is 27.2 Å². The van der Waals surface area contributed by atoms with Crippen molar-refractivity contribution in [2.24, 2.45) is 4.99 Å². The molecule has 0 radical (unpaired) electrons. The van der Waals surface area contributed by atoms with Crippen molar-refractivity contribution in [3.05, 3.63) is 86.7 Å². The molecule has 1 aliphatic rings. The quantitative estimate of drug-likeness (QED) is 0.305. The number of aryl methyl sites for hydroxylation is 1. The molecule has 1 fully saturated rings. The second-order valence-electron chi connectivity index (χ2n) is 7.92. The summed E-state index contributed by atoms with van der Waals surface area (Å²) in [6, 6.07) is 17.8. The highest BCUT2D eigenvalue weighted by Crippen LogP contribution is 2.33. The zero-order valence-electron chi connectivity index (χ0n) is 20.0. The second kappa shape index (κ2) is 12.2. The van der Waals surface area contributed by atoms with Crippen molar-refractivity contribution in [1.82, 2.24) is 5.32 Å². The molecule has 4 rings (SSSR count). The van der Waals surface area contributed by atoms with E-state index in [0.29, 0.717) is 43.9 Å². The molecule has 3 aromatic carbocycles. The van der Waals surface area contributed by atoms with Crippen molar-refractivity contribution in [2.45, 2.75) is 13.8 Å². The Hall–Kier alpha value is -3.46. The van der Waals surface area contributed by atoms with Crippen LogP contribution in [0.15, 0.2) is 70.6 Å². The molecular weight excluding hydrogens is 533 g/mol. The van der Waals surface area contributed by atoms with Crippen LogP contribution in [0.3, 0.4) is 0 Å². The maximum absolute atomic E-state index is 12.5. The Bertz CT molecular complexity index is 1390. The molecule has 0 aromatic heterocycles. The molecule has 0 spiro atoms. The number of anilines is 1. The van der Waals surface area contributed by atoms with E-state index in [1.165, 1.54) is 11.8 Å². The number of hydrogen-bond donors (Lipinski definition) is 2. The Morgan fingerprint density at radius 3 is 2.54 bits per heavy atom. The summed E-state index contributed by atoms with van der Waals surface area (Å²) in [6.45, 7) is 4.01. The predicted molar refractivity (Wildman–Crippen MR) is 150 cm³/mol. The van der Waals surface area contributed by atoms with E-state index < -0.39 is 0 Å². The van der Waals surface area contributed by atoms with Gasteiger partial charge in [-0.05, 0) is 79.7 Å². The molecule has 0 saturated carbocycles. The molecule has 0 unspecified atom stereocenters. The Kier molecular flexibility index (Phi) is 8.76. The largest absolute Gasteiger partial charge is 0.490 e. The van der Waals surface area contributed by atoms with Crippen molar-refractivity contribution in [3.8, 4) is 11.5 Å². The molecule has 1 saturated heterocycles. The Morgan fingerprint density at radius 1 is 1.03 bits per heavy atom. The van der Waals surface area contributed by atoms with Crippen LogP contribution in [0.25, 0.3) is 6.08 Å². The van der Waals surface area contributed by atoms with Gasteiger partial charge in [0.25, 0.3) is 11.8 Å². The number of amides is 2. The number of nitrogens with one attached hydrogen (secondary N) is 2. The van der Waals surface area contributed by atoms with Crippen LogP contribution < -0.4 is 20.1 Å². The summed E-state index contributed by atoms with van der Waals surface area (Å²) in [4.78, 5) is 29.8. The van der Waals surface area contributed by atoms with Crippen molar-refractivity contribution in [2.75, 3.05) is 18.5 Å². The lowest BCUT2D eigenvalue weighted by atomic mass is 10.2. The smallest absolute Gasteiger partial charge is 0.264 e. The maximum Gasteiger partial charge on any atom is 0.264 e.